The molecule has 2 heterocycles. The van der Waals surface area contributed by atoms with Crippen LogP contribution in [0.4, 0.5) is 0 Å². The summed E-state index contributed by atoms with van der Waals surface area (Å²) >= 11 is 1.57. The molecular formula is C18H23N3O2S. The molecule has 1 N–H and O–H groups in total. The van der Waals surface area contributed by atoms with Gasteiger partial charge in [-0.2, -0.15) is 0 Å². The van der Waals surface area contributed by atoms with Crippen molar-refractivity contribution in [1.29, 1.82) is 0 Å². The van der Waals surface area contributed by atoms with Crippen LogP contribution >= 0.6 is 11.3 Å². The van der Waals surface area contributed by atoms with Gasteiger partial charge < -0.3 is 10.1 Å². The molecule has 0 unspecified atom stereocenters. The second-order valence-corrected chi connectivity index (χ2v) is 7.08. The van der Waals surface area contributed by atoms with Crippen molar-refractivity contribution in [2.45, 2.75) is 26.4 Å². The summed E-state index contributed by atoms with van der Waals surface area (Å²) in [5.74, 6) is 0.0118. The van der Waals surface area contributed by atoms with E-state index in [0.29, 0.717) is 13.0 Å². The van der Waals surface area contributed by atoms with Crippen LogP contribution in [0.2, 0.25) is 0 Å². The van der Waals surface area contributed by atoms with Crippen molar-refractivity contribution in [3.8, 4) is 0 Å². The third-order valence-electron chi connectivity index (χ3n) is 4.03. The normalized spacial score (nSPS) is 15.4. The van der Waals surface area contributed by atoms with Crippen molar-refractivity contribution in [2.75, 3.05) is 26.3 Å². The maximum atomic E-state index is 12.0. The van der Waals surface area contributed by atoms with Crippen LogP contribution in [-0.2, 0) is 29.0 Å². The first-order valence-corrected chi connectivity index (χ1v) is 9.12. The molecule has 1 aliphatic rings. The fourth-order valence-corrected chi connectivity index (χ4v) is 3.31. The average molecular weight is 345 g/mol. The summed E-state index contributed by atoms with van der Waals surface area (Å²) < 4.78 is 5.37. The van der Waals surface area contributed by atoms with Crippen LogP contribution in [0.3, 0.4) is 0 Å². The van der Waals surface area contributed by atoms with Gasteiger partial charge in [-0.25, -0.2) is 4.98 Å². The summed E-state index contributed by atoms with van der Waals surface area (Å²) in [6.45, 7) is 7.09. The van der Waals surface area contributed by atoms with Gasteiger partial charge in [-0.3, -0.25) is 9.69 Å². The zero-order valence-corrected chi connectivity index (χ0v) is 14.8. The van der Waals surface area contributed by atoms with Crippen molar-refractivity contribution in [2.24, 2.45) is 0 Å². The number of carbonyl (C=O) groups excluding carboxylic acids is 1. The van der Waals surface area contributed by atoms with Crippen molar-refractivity contribution in [3.63, 3.8) is 0 Å². The third-order valence-corrected chi connectivity index (χ3v) is 4.85. The first kappa shape index (κ1) is 17.1. The number of nitrogens with zero attached hydrogens (tertiary/aromatic N) is 2. The number of aromatic nitrogens is 1. The zero-order valence-electron chi connectivity index (χ0n) is 14.0. The largest absolute Gasteiger partial charge is 0.379 e. The van der Waals surface area contributed by atoms with E-state index in [-0.39, 0.29) is 5.91 Å². The number of thiazole rings is 1. The summed E-state index contributed by atoms with van der Waals surface area (Å²) in [5.41, 5.74) is 3.25. The average Bonchev–Trinajstić information content (AvgIpc) is 3.00. The monoisotopic (exact) mass is 345 g/mol. The fraction of sp³-hybridized carbons (Fsp3) is 0.444. The van der Waals surface area contributed by atoms with Gasteiger partial charge in [0.2, 0.25) is 5.91 Å². The fourth-order valence-electron chi connectivity index (χ4n) is 2.70. The number of ether oxygens (including phenoxy) is 1. The minimum Gasteiger partial charge on any atom is -0.379 e. The Bertz CT molecular complexity index is 663. The molecular weight excluding hydrogens is 322 g/mol. The van der Waals surface area contributed by atoms with Crippen LogP contribution in [0, 0.1) is 6.92 Å². The predicted octanol–water partition coefficient (Wildman–Crippen LogP) is 2.14. The predicted molar refractivity (Wildman–Crippen MR) is 94.9 cm³/mol. The maximum absolute atomic E-state index is 12.0. The Morgan fingerprint density at radius 2 is 1.96 bits per heavy atom. The second kappa shape index (κ2) is 8.37. The third kappa shape index (κ3) is 5.12. The van der Waals surface area contributed by atoms with Crippen LogP contribution in [0.1, 0.15) is 21.8 Å². The van der Waals surface area contributed by atoms with Crippen LogP contribution in [0.25, 0.3) is 0 Å². The van der Waals surface area contributed by atoms with Gasteiger partial charge in [0.1, 0.15) is 0 Å². The lowest BCUT2D eigenvalue weighted by molar-refractivity contribution is -0.120. The van der Waals surface area contributed by atoms with Crippen LogP contribution < -0.4 is 5.32 Å². The standard InChI is InChI=1S/C18H23N3O2S/c1-14-20-17(13-24-14)10-18(22)19-11-15-2-4-16(5-3-15)12-21-6-8-23-9-7-21/h2-5,13H,6-12H2,1H3,(H,19,22). The quantitative estimate of drug-likeness (QED) is 0.872. The lowest BCUT2D eigenvalue weighted by Gasteiger charge is -2.26. The van der Waals surface area contributed by atoms with E-state index in [1.165, 1.54) is 5.56 Å². The number of benzene rings is 1. The van der Waals surface area contributed by atoms with Crippen molar-refractivity contribution < 1.29 is 9.53 Å². The van der Waals surface area contributed by atoms with Crippen molar-refractivity contribution in [3.05, 3.63) is 51.5 Å². The number of aryl methyl sites for hydroxylation is 1. The van der Waals surface area contributed by atoms with Gasteiger partial charge in [0.15, 0.2) is 0 Å². The summed E-state index contributed by atoms with van der Waals surface area (Å²) in [6.07, 6.45) is 0.347. The van der Waals surface area contributed by atoms with Gasteiger partial charge in [0.25, 0.3) is 0 Å². The first-order chi connectivity index (χ1) is 11.7. The molecule has 0 spiro atoms. The Morgan fingerprint density at radius 3 is 2.62 bits per heavy atom. The van der Waals surface area contributed by atoms with Gasteiger partial charge >= 0.3 is 0 Å². The lowest BCUT2D eigenvalue weighted by atomic mass is 10.1. The molecule has 1 aromatic heterocycles. The number of hydrogen-bond donors (Lipinski definition) is 1. The van der Waals surface area contributed by atoms with Gasteiger partial charge in [0.05, 0.1) is 30.3 Å². The van der Waals surface area contributed by atoms with E-state index in [4.69, 9.17) is 4.74 Å². The Morgan fingerprint density at radius 1 is 1.25 bits per heavy atom. The topological polar surface area (TPSA) is 54.5 Å². The molecule has 1 amide bonds. The van der Waals surface area contributed by atoms with E-state index >= 15 is 0 Å². The summed E-state index contributed by atoms with van der Waals surface area (Å²) in [5, 5.41) is 5.89. The Labute approximate surface area is 146 Å². The smallest absolute Gasteiger partial charge is 0.226 e. The lowest BCUT2D eigenvalue weighted by Crippen LogP contribution is -2.35. The van der Waals surface area contributed by atoms with Gasteiger partial charge in [-0.15, -0.1) is 11.3 Å². The highest BCUT2D eigenvalue weighted by molar-refractivity contribution is 7.09. The highest BCUT2D eigenvalue weighted by Gasteiger charge is 2.10. The van der Waals surface area contributed by atoms with Crippen LogP contribution in [0.5, 0.6) is 0 Å². The molecule has 0 radical (unpaired) electrons. The highest BCUT2D eigenvalue weighted by atomic mass is 32.1. The number of morpholine rings is 1. The SMILES string of the molecule is Cc1nc(CC(=O)NCc2ccc(CN3CCOCC3)cc2)cs1. The molecule has 1 fully saturated rings. The van der Waals surface area contributed by atoms with Crippen molar-refractivity contribution in [1.82, 2.24) is 15.2 Å². The van der Waals surface area contributed by atoms with Crippen LogP contribution in [-0.4, -0.2) is 42.1 Å². The number of rotatable bonds is 6. The van der Waals surface area contributed by atoms with E-state index in [9.17, 15) is 4.79 Å². The summed E-state index contributed by atoms with van der Waals surface area (Å²) in [6, 6.07) is 8.45. The second-order valence-electron chi connectivity index (χ2n) is 6.02. The van der Waals surface area contributed by atoms with E-state index < -0.39 is 0 Å². The molecule has 0 saturated carbocycles. The molecule has 0 bridgehead atoms. The van der Waals surface area contributed by atoms with Gasteiger partial charge in [0, 0.05) is 31.6 Å². The molecule has 1 aromatic carbocycles. The van der Waals surface area contributed by atoms with Gasteiger partial charge in [-0.05, 0) is 18.1 Å². The molecule has 1 aliphatic heterocycles. The molecule has 5 nitrogen and oxygen atoms in total. The van der Waals surface area contributed by atoms with Crippen molar-refractivity contribution >= 4 is 17.2 Å². The minimum atomic E-state index is 0.0118. The molecule has 128 valence electrons. The van der Waals surface area contributed by atoms with E-state index in [2.05, 4.69) is 39.5 Å². The molecule has 6 heteroatoms. The number of amides is 1. The highest BCUT2D eigenvalue weighted by Crippen LogP contribution is 2.10. The van der Waals surface area contributed by atoms with E-state index in [1.807, 2.05) is 12.3 Å². The summed E-state index contributed by atoms with van der Waals surface area (Å²) in [4.78, 5) is 18.7. The molecule has 0 atom stereocenters. The summed E-state index contributed by atoms with van der Waals surface area (Å²) in [7, 11) is 0. The Kier molecular flexibility index (Phi) is 5.96. The number of hydrogen-bond acceptors (Lipinski definition) is 5. The Balaban J connectivity index is 1.44. The molecule has 24 heavy (non-hydrogen) atoms. The Hall–Kier alpha value is -1.76. The molecule has 1 saturated heterocycles. The number of carbonyl (C=O) groups is 1. The maximum Gasteiger partial charge on any atom is 0.226 e. The molecule has 0 aliphatic carbocycles. The van der Waals surface area contributed by atoms with Crippen LogP contribution in [0.15, 0.2) is 29.6 Å². The zero-order chi connectivity index (χ0) is 16.8. The molecule has 3 rings (SSSR count). The van der Waals surface area contributed by atoms with E-state index in [0.717, 1.165) is 49.1 Å². The molecule has 2 aromatic rings. The number of nitrogens with one attached hydrogen (secondary N) is 1. The minimum absolute atomic E-state index is 0.0118. The first-order valence-electron chi connectivity index (χ1n) is 8.25. The van der Waals surface area contributed by atoms with Gasteiger partial charge in [-0.1, -0.05) is 24.3 Å². The van der Waals surface area contributed by atoms with E-state index in [1.54, 1.807) is 11.3 Å².